The molecule has 0 saturated heterocycles. The van der Waals surface area contributed by atoms with Crippen molar-refractivity contribution in [3.8, 4) is 11.6 Å². The summed E-state index contributed by atoms with van der Waals surface area (Å²) in [5, 5.41) is 0.932. The van der Waals surface area contributed by atoms with Crippen LogP contribution in [-0.4, -0.2) is 20.9 Å². The number of hydrogen-bond donors (Lipinski definition) is 3. The summed E-state index contributed by atoms with van der Waals surface area (Å²) in [6, 6.07) is 16.6. The third-order valence-corrected chi connectivity index (χ3v) is 4.26. The molecule has 0 spiro atoms. The number of fused-ring (bicyclic) bond motifs is 1. The number of aromatic nitrogens is 3. The topological polar surface area (TPSA) is 115 Å². The number of nitrogens with one attached hydrogen (secondary N) is 2. The molecule has 144 valence electrons. The zero-order chi connectivity index (χ0) is 20.2. The van der Waals surface area contributed by atoms with E-state index in [0.29, 0.717) is 16.8 Å². The van der Waals surface area contributed by atoms with Gasteiger partial charge in [0.15, 0.2) is 11.6 Å². The van der Waals surface area contributed by atoms with Gasteiger partial charge in [-0.05, 0) is 31.2 Å². The number of anilines is 2. The maximum atomic E-state index is 12.3. The number of amides is 1. The average Bonchev–Trinajstić information content (AvgIpc) is 2.75. The predicted molar refractivity (Wildman–Crippen MR) is 111 cm³/mol. The summed E-state index contributed by atoms with van der Waals surface area (Å²) in [4.78, 5) is 24.8. The molecule has 0 bridgehead atoms. The second-order valence-electron chi connectivity index (χ2n) is 6.32. The SMILES string of the molecule is Cc1ccc(C(=O)NNc2ncnc(Oc3cccc4cccnc34)c2N)cc1. The van der Waals surface area contributed by atoms with Crippen molar-refractivity contribution in [3.05, 3.63) is 78.2 Å². The molecule has 2 aromatic carbocycles. The third kappa shape index (κ3) is 3.91. The monoisotopic (exact) mass is 386 g/mol. The zero-order valence-corrected chi connectivity index (χ0v) is 15.6. The molecule has 8 heteroatoms. The molecule has 4 N–H and O–H groups in total. The lowest BCUT2D eigenvalue weighted by molar-refractivity contribution is 0.0962. The molecule has 0 saturated carbocycles. The van der Waals surface area contributed by atoms with Gasteiger partial charge in [-0.15, -0.1) is 0 Å². The van der Waals surface area contributed by atoms with E-state index in [0.717, 1.165) is 10.9 Å². The van der Waals surface area contributed by atoms with Crippen LogP contribution in [0.4, 0.5) is 11.5 Å². The zero-order valence-electron chi connectivity index (χ0n) is 15.6. The van der Waals surface area contributed by atoms with E-state index >= 15 is 0 Å². The molecule has 29 heavy (non-hydrogen) atoms. The van der Waals surface area contributed by atoms with Gasteiger partial charge in [0.25, 0.3) is 5.91 Å². The molecule has 4 aromatic rings. The van der Waals surface area contributed by atoms with E-state index in [1.807, 2.05) is 43.3 Å². The second kappa shape index (κ2) is 7.81. The molecule has 1 amide bonds. The van der Waals surface area contributed by atoms with Gasteiger partial charge >= 0.3 is 0 Å². The van der Waals surface area contributed by atoms with E-state index in [4.69, 9.17) is 10.5 Å². The van der Waals surface area contributed by atoms with E-state index in [9.17, 15) is 4.79 Å². The van der Waals surface area contributed by atoms with Crippen LogP contribution < -0.4 is 21.3 Å². The van der Waals surface area contributed by atoms with Gasteiger partial charge in [-0.1, -0.05) is 35.9 Å². The van der Waals surface area contributed by atoms with Crippen LogP contribution in [0, 0.1) is 6.92 Å². The van der Waals surface area contributed by atoms with Crippen LogP contribution in [0.15, 0.2) is 67.1 Å². The normalized spacial score (nSPS) is 10.5. The number of aryl methyl sites for hydroxylation is 1. The minimum absolute atomic E-state index is 0.157. The lowest BCUT2D eigenvalue weighted by Gasteiger charge is -2.13. The van der Waals surface area contributed by atoms with Crippen LogP contribution in [0.3, 0.4) is 0 Å². The lowest BCUT2D eigenvalue weighted by atomic mass is 10.1. The van der Waals surface area contributed by atoms with Crippen molar-refractivity contribution in [3.63, 3.8) is 0 Å². The van der Waals surface area contributed by atoms with Gasteiger partial charge in [0.05, 0.1) is 0 Å². The first-order chi connectivity index (χ1) is 14.1. The molecule has 4 rings (SSSR count). The number of rotatable bonds is 5. The van der Waals surface area contributed by atoms with Crippen LogP contribution in [0.2, 0.25) is 0 Å². The number of nitrogens with two attached hydrogens (primary N) is 1. The van der Waals surface area contributed by atoms with Crippen LogP contribution >= 0.6 is 0 Å². The Morgan fingerprint density at radius 1 is 1.00 bits per heavy atom. The van der Waals surface area contributed by atoms with Crippen molar-refractivity contribution in [1.82, 2.24) is 20.4 Å². The van der Waals surface area contributed by atoms with Gasteiger partial charge in [0.1, 0.15) is 17.5 Å². The summed E-state index contributed by atoms with van der Waals surface area (Å²) >= 11 is 0. The highest BCUT2D eigenvalue weighted by Gasteiger charge is 2.13. The van der Waals surface area contributed by atoms with Crippen LogP contribution in [-0.2, 0) is 0 Å². The Bertz CT molecular complexity index is 1170. The number of carbonyl (C=O) groups excluding carboxylic acids is 1. The minimum Gasteiger partial charge on any atom is -0.435 e. The summed E-state index contributed by atoms with van der Waals surface area (Å²) in [6.07, 6.45) is 2.98. The number of benzene rings is 2. The van der Waals surface area contributed by atoms with E-state index in [1.165, 1.54) is 6.33 Å². The Morgan fingerprint density at radius 2 is 1.79 bits per heavy atom. The smallest absolute Gasteiger partial charge is 0.269 e. The van der Waals surface area contributed by atoms with E-state index in [1.54, 1.807) is 24.4 Å². The predicted octanol–water partition coefficient (Wildman–Crippen LogP) is 3.46. The molecule has 2 aromatic heterocycles. The highest BCUT2D eigenvalue weighted by Crippen LogP contribution is 2.32. The Labute approximate surface area is 166 Å². The van der Waals surface area contributed by atoms with Gasteiger partial charge in [0.2, 0.25) is 5.88 Å². The number of carbonyl (C=O) groups is 1. The second-order valence-corrected chi connectivity index (χ2v) is 6.32. The van der Waals surface area contributed by atoms with E-state index in [2.05, 4.69) is 25.8 Å². The van der Waals surface area contributed by atoms with Crippen molar-refractivity contribution in [1.29, 1.82) is 0 Å². The number of ether oxygens (including phenoxy) is 1. The number of hydrogen-bond acceptors (Lipinski definition) is 7. The van der Waals surface area contributed by atoms with Gasteiger partial charge < -0.3 is 10.5 Å². The standard InChI is InChI=1S/C21H18N6O2/c1-13-7-9-15(10-8-13)20(28)27-26-19-17(22)21(25-12-24-19)29-16-6-2-4-14-5-3-11-23-18(14)16/h2-12H,22H2,1H3,(H,27,28)(H,24,25,26). The third-order valence-electron chi connectivity index (χ3n) is 4.26. The average molecular weight is 386 g/mol. The Hall–Kier alpha value is -4.20. The molecule has 0 aliphatic rings. The van der Waals surface area contributed by atoms with Crippen LogP contribution in [0.1, 0.15) is 15.9 Å². The summed E-state index contributed by atoms with van der Waals surface area (Å²) in [5.41, 5.74) is 13.8. The number of nitrogen functional groups attached to an aromatic ring is 1. The largest absolute Gasteiger partial charge is 0.435 e. The maximum Gasteiger partial charge on any atom is 0.269 e. The van der Waals surface area contributed by atoms with Crippen LogP contribution in [0.5, 0.6) is 11.6 Å². The van der Waals surface area contributed by atoms with Crippen LogP contribution in [0.25, 0.3) is 10.9 Å². The summed E-state index contributed by atoms with van der Waals surface area (Å²) in [7, 11) is 0. The number of nitrogens with zero attached hydrogens (tertiary/aromatic N) is 3. The van der Waals surface area contributed by atoms with E-state index in [-0.39, 0.29) is 23.3 Å². The van der Waals surface area contributed by atoms with E-state index < -0.39 is 0 Å². The van der Waals surface area contributed by atoms with Crippen molar-refractivity contribution < 1.29 is 9.53 Å². The van der Waals surface area contributed by atoms with Gasteiger partial charge in [0, 0.05) is 17.1 Å². The first kappa shape index (κ1) is 18.2. The molecule has 8 nitrogen and oxygen atoms in total. The molecule has 0 aliphatic heterocycles. The molecule has 0 atom stereocenters. The highest BCUT2D eigenvalue weighted by molar-refractivity contribution is 5.95. The van der Waals surface area contributed by atoms with Gasteiger partial charge in [-0.3, -0.25) is 20.6 Å². The molecule has 0 unspecified atom stereocenters. The molecule has 0 aliphatic carbocycles. The minimum atomic E-state index is -0.316. The summed E-state index contributed by atoms with van der Waals surface area (Å²) < 4.78 is 5.88. The first-order valence-corrected chi connectivity index (χ1v) is 8.87. The number of pyridine rings is 1. The Morgan fingerprint density at radius 3 is 2.62 bits per heavy atom. The molecular weight excluding hydrogens is 368 g/mol. The van der Waals surface area contributed by atoms with Crippen molar-refractivity contribution in [2.24, 2.45) is 0 Å². The fraction of sp³-hybridized carbons (Fsp3) is 0.0476. The van der Waals surface area contributed by atoms with Crippen molar-refractivity contribution in [2.45, 2.75) is 6.92 Å². The fourth-order valence-corrected chi connectivity index (χ4v) is 2.72. The first-order valence-electron chi connectivity index (χ1n) is 8.87. The molecule has 0 fully saturated rings. The fourth-order valence-electron chi connectivity index (χ4n) is 2.72. The molecular formula is C21H18N6O2. The summed E-state index contributed by atoms with van der Waals surface area (Å²) in [6.45, 7) is 1.95. The van der Waals surface area contributed by atoms with Gasteiger partial charge in [-0.2, -0.15) is 4.98 Å². The molecule has 0 radical (unpaired) electrons. The summed E-state index contributed by atoms with van der Waals surface area (Å²) in [5.74, 6) is 0.584. The lowest BCUT2D eigenvalue weighted by Crippen LogP contribution is -2.30. The van der Waals surface area contributed by atoms with Gasteiger partial charge in [-0.25, -0.2) is 4.98 Å². The Kier molecular flexibility index (Phi) is 4.90. The quantitative estimate of drug-likeness (QED) is 0.450. The number of para-hydroxylation sites is 1. The Balaban J connectivity index is 1.53. The van der Waals surface area contributed by atoms with Crippen molar-refractivity contribution >= 4 is 28.3 Å². The maximum absolute atomic E-state index is 12.3. The molecule has 2 heterocycles. The number of hydrazine groups is 1. The van der Waals surface area contributed by atoms with Crippen molar-refractivity contribution in [2.75, 3.05) is 11.2 Å². The highest BCUT2D eigenvalue weighted by atomic mass is 16.5.